The number of H-pyrrole nitrogens is 1. The summed E-state index contributed by atoms with van der Waals surface area (Å²) < 4.78 is 5.10. The van der Waals surface area contributed by atoms with Gasteiger partial charge in [-0.15, -0.1) is 0 Å². The lowest BCUT2D eigenvalue weighted by Gasteiger charge is -2.03. The molecular weight excluding hydrogens is 258 g/mol. The van der Waals surface area contributed by atoms with Crippen molar-refractivity contribution in [1.82, 2.24) is 4.98 Å². The average Bonchev–Trinajstić information content (AvgIpc) is 2.44. The third kappa shape index (κ3) is 2.52. The number of nitrogens with two attached hydrogens (primary N) is 1. The minimum absolute atomic E-state index is 0.182. The summed E-state index contributed by atoms with van der Waals surface area (Å²) in [6.07, 6.45) is 1.17. The van der Waals surface area contributed by atoms with Gasteiger partial charge in [0.1, 0.15) is 17.4 Å². The first-order valence-corrected chi connectivity index (χ1v) is 5.68. The molecule has 2 aromatic rings. The van der Waals surface area contributed by atoms with Gasteiger partial charge < -0.3 is 15.5 Å². The molecule has 3 N–H and O–H groups in total. The largest absolute Gasteiger partial charge is 0.497 e. The highest BCUT2D eigenvalue weighted by Gasteiger charge is 2.07. The number of primary amides is 1. The number of nitriles is 1. The van der Waals surface area contributed by atoms with Gasteiger partial charge in [-0.3, -0.25) is 9.59 Å². The minimum Gasteiger partial charge on any atom is -0.497 e. The number of hydrogen-bond acceptors (Lipinski definition) is 4. The van der Waals surface area contributed by atoms with Gasteiger partial charge in [0.15, 0.2) is 0 Å². The van der Waals surface area contributed by atoms with Gasteiger partial charge in [-0.25, -0.2) is 0 Å². The Morgan fingerprint density at radius 1 is 1.45 bits per heavy atom. The quantitative estimate of drug-likeness (QED) is 0.638. The van der Waals surface area contributed by atoms with Crippen molar-refractivity contribution in [2.45, 2.75) is 0 Å². The van der Waals surface area contributed by atoms with Crippen LogP contribution in [0, 0.1) is 11.3 Å². The van der Waals surface area contributed by atoms with Crippen LogP contribution in [0.15, 0.2) is 34.6 Å². The zero-order chi connectivity index (χ0) is 14.7. The van der Waals surface area contributed by atoms with E-state index in [4.69, 9.17) is 15.7 Å². The molecule has 0 saturated heterocycles. The van der Waals surface area contributed by atoms with E-state index >= 15 is 0 Å². The number of benzene rings is 1. The summed E-state index contributed by atoms with van der Waals surface area (Å²) in [6, 6.07) is 8.39. The maximum Gasteiger partial charge on any atom is 0.259 e. The number of aromatic amines is 1. The fourth-order valence-electron chi connectivity index (χ4n) is 1.75. The molecule has 20 heavy (non-hydrogen) atoms. The third-order valence-electron chi connectivity index (χ3n) is 2.77. The van der Waals surface area contributed by atoms with Crippen molar-refractivity contribution < 1.29 is 9.53 Å². The molecule has 100 valence electrons. The Kier molecular flexibility index (Phi) is 3.53. The van der Waals surface area contributed by atoms with E-state index in [1.807, 2.05) is 0 Å². The van der Waals surface area contributed by atoms with E-state index in [-0.39, 0.29) is 11.1 Å². The van der Waals surface area contributed by atoms with E-state index < -0.39 is 11.5 Å². The van der Waals surface area contributed by atoms with Crippen LogP contribution in [0.5, 0.6) is 5.75 Å². The predicted octanol–water partition coefficient (Wildman–Crippen LogP) is 0.929. The Hall–Kier alpha value is -3.07. The van der Waals surface area contributed by atoms with Gasteiger partial charge in [0.05, 0.1) is 7.11 Å². The van der Waals surface area contributed by atoms with Crippen molar-refractivity contribution in [3.8, 4) is 11.8 Å². The summed E-state index contributed by atoms with van der Waals surface area (Å²) in [5.74, 6) is -0.243. The zero-order valence-corrected chi connectivity index (χ0v) is 10.6. The molecule has 0 unspecified atom stereocenters. The van der Waals surface area contributed by atoms with Gasteiger partial charge in [-0.2, -0.15) is 5.26 Å². The van der Waals surface area contributed by atoms with Crippen molar-refractivity contribution in [3.63, 3.8) is 0 Å². The second-order valence-electron chi connectivity index (χ2n) is 4.04. The molecule has 0 radical (unpaired) electrons. The van der Waals surface area contributed by atoms with E-state index in [1.165, 1.54) is 13.2 Å². The smallest absolute Gasteiger partial charge is 0.259 e. The fourth-order valence-corrected chi connectivity index (χ4v) is 1.75. The summed E-state index contributed by atoms with van der Waals surface area (Å²) >= 11 is 0. The van der Waals surface area contributed by atoms with Gasteiger partial charge in [0.2, 0.25) is 0 Å². The molecule has 0 atom stereocenters. The summed E-state index contributed by atoms with van der Waals surface area (Å²) in [4.78, 5) is 25.5. The number of methoxy groups -OCH3 is 1. The molecule has 6 nitrogen and oxygen atoms in total. The fraction of sp³-hybridized carbons (Fsp3) is 0.0714. The van der Waals surface area contributed by atoms with Gasteiger partial charge in [0, 0.05) is 16.5 Å². The molecule has 1 heterocycles. The third-order valence-corrected chi connectivity index (χ3v) is 2.77. The molecule has 6 heteroatoms. The van der Waals surface area contributed by atoms with Gasteiger partial charge in [-0.05, 0) is 30.3 Å². The van der Waals surface area contributed by atoms with Crippen LogP contribution in [-0.2, 0) is 4.79 Å². The lowest BCUT2D eigenvalue weighted by atomic mass is 10.1. The first-order chi connectivity index (χ1) is 9.55. The Balaban J connectivity index is 2.66. The van der Waals surface area contributed by atoms with Crippen LogP contribution in [0.4, 0.5) is 0 Å². The van der Waals surface area contributed by atoms with E-state index in [9.17, 15) is 9.59 Å². The average molecular weight is 269 g/mol. The molecule has 2 rings (SSSR count). The normalized spacial score (nSPS) is 11.1. The van der Waals surface area contributed by atoms with Crippen LogP contribution < -0.4 is 16.0 Å². The maximum absolute atomic E-state index is 11.9. The molecule has 0 bridgehead atoms. The van der Waals surface area contributed by atoms with Crippen LogP contribution in [0.1, 0.15) is 5.56 Å². The second-order valence-corrected chi connectivity index (χ2v) is 4.04. The molecular formula is C14H11N3O3. The van der Waals surface area contributed by atoms with Crippen LogP contribution in [0.2, 0.25) is 0 Å². The highest BCUT2D eigenvalue weighted by Crippen LogP contribution is 2.19. The number of aromatic nitrogens is 1. The molecule has 0 aliphatic heterocycles. The van der Waals surface area contributed by atoms with Crippen molar-refractivity contribution >= 4 is 22.9 Å². The van der Waals surface area contributed by atoms with Crippen LogP contribution >= 0.6 is 0 Å². The monoisotopic (exact) mass is 269 g/mol. The second kappa shape index (κ2) is 5.28. The van der Waals surface area contributed by atoms with Crippen LogP contribution in [0.3, 0.4) is 0 Å². The zero-order valence-electron chi connectivity index (χ0n) is 10.6. The Morgan fingerprint density at radius 3 is 2.80 bits per heavy atom. The van der Waals surface area contributed by atoms with E-state index in [2.05, 4.69) is 4.98 Å². The number of ether oxygens (including phenoxy) is 1. The predicted molar refractivity (Wildman–Crippen MR) is 73.9 cm³/mol. The Bertz CT molecular complexity index is 813. The number of nitrogens with zero attached hydrogens (tertiary/aromatic N) is 1. The number of carbonyl (C=O) groups excluding carboxylic acids is 1. The van der Waals surface area contributed by atoms with Gasteiger partial charge in [-0.1, -0.05) is 0 Å². The number of rotatable bonds is 3. The number of nitrogens with one attached hydrogen (secondary N) is 1. The topological polar surface area (TPSA) is 109 Å². The molecule has 0 spiro atoms. The van der Waals surface area contributed by atoms with Crippen molar-refractivity contribution in [2.24, 2.45) is 5.73 Å². The maximum atomic E-state index is 11.9. The highest BCUT2D eigenvalue weighted by molar-refractivity contribution is 6.00. The molecule has 1 amide bonds. The van der Waals surface area contributed by atoms with E-state index in [1.54, 1.807) is 30.3 Å². The molecule has 0 aliphatic carbocycles. The minimum atomic E-state index is -0.877. The molecule has 0 fully saturated rings. The Labute approximate surface area is 114 Å². The summed E-state index contributed by atoms with van der Waals surface area (Å²) in [5, 5.41) is 9.51. The van der Waals surface area contributed by atoms with E-state index in [0.717, 1.165) is 5.39 Å². The number of pyridine rings is 1. The summed E-state index contributed by atoms with van der Waals surface area (Å²) in [5.41, 5.74) is 5.17. The SMILES string of the molecule is COc1ccc2[nH]c(=O)c(/C=C(\C#N)C(N)=O)cc2c1. The summed E-state index contributed by atoms with van der Waals surface area (Å²) in [7, 11) is 1.54. The molecule has 0 aliphatic rings. The lowest BCUT2D eigenvalue weighted by Crippen LogP contribution is -2.14. The number of hydrogen-bond donors (Lipinski definition) is 2. The Morgan fingerprint density at radius 2 is 2.20 bits per heavy atom. The molecule has 1 aromatic carbocycles. The van der Waals surface area contributed by atoms with Crippen molar-refractivity contribution in [1.29, 1.82) is 5.26 Å². The summed E-state index contributed by atoms with van der Waals surface area (Å²) in [6.45, 7) is 0. The first kappa shape index (κ1) is 13.4. The number of carbonyl (C=O) groups is 1. The number of amides is 1. The van der Waals surface area contributed by atoms with E-state index in [0.29, 0.717) is 11.3 Å². The van der Waals surface area contributed by atoms with Crippen molar-refractivity contribution in [2.75, 3.05) is 7.11 Å². The van der Waals surface area contributed by atoms with Crippen molar-refractivity contribution in [3.05, 3.63) is 45.8 Å². The lowest BCUT2D eigenvalue weighted by molar-refractivity contribution is -0.114. The van der Waals surface area contributed by atoms with Crippen LogP contribution in [0.25, 0.3) is 17.0 Å². The standard InChI is InChI=1S/C14H11N3O3/c1-20-11-2-3-12-8(6-11)4-9(14(19)17-12)5-10(7-15)13(16)18/h2-6H,1H3,(H2,16,18)(H,17,19)/b10-5+. The first-order valence-electron chi connectivity index (χ1n) is 5.68. The highest BCUT2D eigenvalue weighted by atomic mass is 16.5. The van der Waals surface area contributed by atoms with Gasteiger partial charge >= 0.3 is 0 Å². The molecule has 1 aromatic heterocycles. The van der Waals surface area contributed by atoms with Gasteiger partial charge in [0.25, 0.3) is 11.5 Å². The van der Waals surface area contributed by atoms with Crippen LogP contribution in [-0.4, -0.2) is 18.0 Å². The molecule has 0 saturated carbocycles. The number of fused-ring (bicyclic) bond motifs is 1.